The molecule has 19 heavy (non-hydrogen) atoms. The van der Waals surface area contributed by atoms with E-state index in [2.05, 4.69) is 4.98 Å². The Morgan fingerprint density at radius 2 is 2.00 bits per heavy atom. The van der Waals surface area contributed by atoms with Crippen LogP contribution in [-0.2, 0) is 0 Å². The first-order chi connectivity index (χ1) is 8.99. The number of rotatable bonds is 3. The van der Waals surface area contributed by atoms with Crippen molar-refractivity contribution < 1.29 is 14.6 Å². The zero-order valence-electron chi connectivity index (χ0n) is 10.7. The number of aromatic nitrogens is 1. The first kappa shape index (κ1) is 12.9. The lowest BCUT2D eigenvalue weighted by atomic mass is 10.1. The van der Waals surface area contributed by atoms with Gasteiger partial charge in [0.2, 0.25) is 5.88 Å². The number of nitrogens with zero attached hydrogens (tertiary/aromatic N) is 1. The molecule has 0 radical (unpaired) electrons. The maximum absolute atomic E-state index is 11.0. The van der Waals surface area contributed by atoms with Crippen LogP contribution in [0.3, 0.4) is 0 Å². The maximum Gasteiger partial charge on any atom is 0.338 e. The Hall–Kier alpha value is -2.56. The van der Waals surface area contributed by atoms with Crippen molar-refractivity contribution in [3.8, 4) is 11.6 Å². The standard InChI is InChI=1S/C14H14N2O3/c1-8-3-4-10(7-9(8)2)19-13-12(15)11(14(17)18)5-6-16-13/h3-7H,15H2,1-2H3,(H,17,18). The van der Waals surface area contributed by atoms with Gasteiger partial charge < -0.3 is 15.6 Å². The van der Waals surface area contributed by atoms with Gasteiger partial charge in [0.15, 0.2) is 0 Å². The molecule has 0 aliphatic carbocycles. The fraction of sp³-hybridized carbons (Fsp3) is 0.143. The molecule has 0 unspecified atom stereocenters. The Morgan fingerprint density at radius 3 is 2.63 bits per heavy atom. The average molecular weight is 258 g/mol. The topological polar surface area (TPSA) is 85.4 Å². The number of anilines is 1. The minimum Gasteiger partial charge on any atom is -0.478 e. The number of pyridine rings is 1. The molecule has 2 rings (SSSR count). The van der Waals surface area contributed by atoms with Gasteiger partial charge in [-0.1, -0.05) is 6.07 Å². The summed E-state index contributed by atoms with van der Waals surface area (Å²) in [4.78, 5) is 14.9. The van der Waals surface area contributed by atoms with Gasteiger partial charge in [0.25, 0.3) is 0 Å². The molecule has 0 spiro atoms. The first-order valence-electron chi connectivity index (χ1n) is 5.72. The summed E-state index contributed by atoms with van der Waals surface area (Å²) in [6, 6.07) is 6.90. The molecule has 0 bridgehead atoms. The average Bonchev–Trinajstić information content (AvgIpc) is 2.36. The summed E-state index contributed by atoms with van der Waals surface area (Å²) < 4.78 is 5.54. The number of hydrogen-bond acceptors (Lipinski definition) is 4. The van der Waals surface area contributed by atoms with Gasteiger partial charge in [0.05, 0.1) is 5.56 Å². The Bertz CT molecular complexity index is 639. The third-order valence-electron chi connectivity index (χ3n) is 2.88. The van der Waals surface area contributed by atoms with Crippen LogP contribution in [0, 0.1) is 13.8 Å². The van der Waals surface area contributed by atoms with Crippen molar-refractivity contribution in [1.29, 1.82) is 0 Å². The molecular formula is C14H14N2O3. The second kappa shape index (κ2) is 4.97. The van der Waals surface area contributed by atoms with Crippen LogP contribution in [0.1, 0.15) is 21.5 Å². The van der Waals surface area contributed by atoms with Gasteiger partial charge in [-0.25, -0.2) is 9.78 Å². The summed E-state index contributed by atoms with van der Waals surface area (Å²) in [5, 5.41) is 8.97. The van der Waals surface area contributed by atoms with Crippen LogP contribution in [0.5, 0.6) is 11.6 Å². The summed E-state index contributed by atoms with van der Waals surface area (Å²) in [5.74, 6) is -0.433. The molecule has 2 aromatic rings. The first-order valence-corrected chi connectivity index (χ1v) is 5.72. The van der Waals surface area contributed by atoms with Crippen LogP contribution < -0.4 is 10.5 Å². The minimum absolute atomic E-state index is 0.0196. The molecule has 0 saturated heterocycles. The molecule has 0 atom stereocenters. The van der Waals surface area contributed by atoms with Gasteiger partial charge in [-0.15, -0.1) is 0 Å². The number of carboxylic acids is 1. The van der Waals surface area contributed by atoms with Crippen molar-refractivity contribution in [1.82, 2.24) is 4.98 Å². The SMILES string of the molecule is Cc1ccc(Oc2nccc(C(=O)O)c2N)cc1C. The normalized spacial score (nSPS) is 10.2. The predicted molar refractivity (Wildman–Crippen MR) is 71.6 cm³/mol. The number of hydrogen-bond donors (Lipinski definition) is 2. The monoisotopic (exact) mass is 258 g/mol. The van der Waals surface area contributed by atoms with Crippen LogP contribution in [0.2, 0.25) is 0 Å². The molecule has 5 nitrogen and oxygen atoms in total. The number of benzene rings is 1. The largest absolute Gasteiger partial charge is 0.478 e. The highest BCUT2D eigenvalue weighted by atomic mass is 16.5. The summed E-state index contributed by atoms with van der Waals surface area (Å²) in [5.41, 5.74) is 7.95. The summed E-state index contributed by atoms with van der Waals surface area (Å²) in [7, 11) is 0. The summed E-state index contributed by atoms with van der Waals surface area (Å²) in [6.45, 7) is 3.96. The molecule has 98 valence electrons. The smallest absolute Gasteiger partial charge is 0.338 e. The lowest BCUT2D eigenvalue weighted by Gasteiger charge is -2.10. The number of nitrogen functional groups attached to an aromatic ring is 1. The van der Waals surface area contributed by atoms with Crippen molar-refractivity contribution >= 4 is 11.7 Å². The Labute approximate surface area is 110 Å². The van der Waals surface area contributed by atoms with Gasteiger partial charge >= 0.3 is 5.97 Å². The van der Waals surface area contributed by atoms with E-state index >= 15 is 0 Å². The van der Waals surface area contributed by atoms with Gasteiger partial charge in [-0.05, 0) is 43.2 Å². The van der Waals surface area contributed by atoms with Crippen LogP contribution in [0.25, 0.3) is 0 Å². The third kappa shape index (κ3) is 2.65. The minimum atomic E-state index is -1.11. The Morgan fingerprint density at radius 1 is 1.26 bits per heavy atom. The van der Waals surface area contributed by atoms with E-state index in [1.807, 2.05) is 26.0 Å². The number of carbonyl (C=O) groups is 1. The van der Waals surface area contributed by atoms with Crippen LogP contribution >= 0.6 is 0 Å². The fourth-order valence-corrected chi connectivity index (χ4v) is 1.61. The van der Waals surface area contributed by atoms with E-state index in [0.29, 0.717) is 5.75 Å². The van der Waals surface area contributed by atoms with Crippen molar-refractivity contribution in [3.05, 3.63) is 47.2 Å². The van der Waals surface area contributed by atoms with Crippen molar-refractivity contribution in [2.75, 3.05) is 5.73 Å². The van der Waals surface area contributed by atoms with E-state index in [9.17, 15) is 4.79 Å². The molecule has 1 aromatic heterocycles. The third-order valence-corrected chi connectivity index (χ3v) is 2.88. The van der Waals surface area contributed by atoms with Crippen LogP contribution in [-0.4, -0.2) is 16.1 Å². The molecule has 0 fully saturated rings. The highest BCUT2D eigenvalue weighted by Gasteiger charge is 2.14. The van der Waals surface area contributed by atoms with E-state index < -0.39 is 5.97 Å². The number of aryl methyl sites for hydroxylation is 2. The van der Waals surface area contributed by atoms with Gasteiger partial charge in [0, 0.05) is 6.20 Å². The maximum atomic E-state index is 11.0. The Balaban J connectivity index is 2.35. The van der Waals surface area contributed by atoms with E-state index in [1.165, 1.54) is 12.3 Å². The van der Waals surface area contributed by atoms with Gasteiger partial charge in [-0.3, -0.25) is 0 Å². The molecule has 1 aromatic carbocycles. The lowest BCUT2D eigenvalue weighted by Crippen LogP contribution is -2.05. The number of ether oxygens (including phenoxy) is 1. The number of aromatic carboxylic acids is 1. The lowest BCUT2D eigenvalue weighted by molar-refractivity contribution is 0.0697. The summed E-state index contributed by atoms with van der Waals surface area (Å²) in [6.07, 6.45) is 1.36. The van der Waals surface area contributed by atoms with Gasteiger partial charge in [-0.2, -0.15) is 0 Å². The predicted octanol–water partition coefficient (Wildman–Crippen LogP) is 2.77. The number of carboxylic acid groups (broad SMARTS) is 1. The highest BCUT2D eigenvalue weighted by Crippen LogP contribution is 2.28. The second-order valence-corrected chi connectivity index (χ2v) is 4.23. The molecule has 5 heteroatoms. The van der Waals surface area contributed by atoms with Crippen molar-refractivity contribution in [2.24, 2.45) is 0 Å². The van der Waals surface area contributed by atoms with Crippen LogP contribution in [0.4, 0.5) is 5.69 Å². The van der Waals surface area contributed by atoms with E-state index in [1.54, 1.807) is 6.07 Å². The highest BCUT2D eigenvalue weighted by molar-refractivity contribution is 5.94. The zero-order chi connectivity index (χ0) is 14.0. The molecule has 0 aliphatic rings. The van der Waals surface area contributed by atoms with E-state index in [-0.39, 0.29) is 17.1 Å². The molecule has 0 amide bonds. The van der Waals surface area contributed by atoms with Crippen molar-refractivity contribution in [3.63, 3.8) is 0 Å². The van der Waals surface area contributed by atoms with Crippen LogP contribution in [0.15, 0.2) is 30.5 Å². The molecule has 0 saturated carbocycles. The molecule has 3 N–H and O–H groups in total. The fourth-order valence-electron chi connectivity index (χ4n) is 1.61. The van der Waals surface area contributed by atoms with E-state index in [0.717, 1.165) is 11.1 Å². The van der Waals surface area contributed by atoms with E-state index in [4.69, 9.17) is 15.6 Å². The van der Waals surface area contributed by atoms with Crippen molar-refractivity contribution in [2.45, 2.75) is 13.8 Å². The zero-order valence-corrected chi connectivity index (χ0v) is 10.7. The number of nitrogens with two attached hydrogens (primary N) is 1. The molecule has 0 aliphatic heterocycles. The summed E-state index contributed by atoms with van der Waals surface area (Å²) >= 11 is 0. The van der Waals surface area contributed by atoms with Gasteiger partial charge in [0.1, 0.15) is 11.4 Å². The Kier molecular flexibility index (Phi) is 3.37. The second-order valence-electron chi connectivity index (χ2n) is 4.23. The molecular weight excluding hydrogens is 244 g/mol. The molecule has 1 heterocycles. The quantitative estimate of drug-likeness (QED) is 0.884.